The van der Waals surface area contributed by atoms with Crippen LogP contribution in [0.2, 0.25) is 5.02 Å². The highest BCUT2D eigenvalue weighted by molar-refractivity contribution is 6.31. The van der Waals surface area contributed by atoms with Gasteiger partial charge in [0.15, 0.2) is 0 Å². The summed E-state index contributed by atoms with van der Waals surface area (Å²) in [7, 11) is 0. The highest BCUT2D eigenvalue weighted by atomic mass is 35.5. The lowest BCUT2D eigenvalue weighted by molar-refractivity contribution is 0.102. The molecule has 5 nitrogen and oxygen atoms in total. The molecule has 0 saturated carbocycles. The Bertz CT molecular complexity index is 891. The smallest absolute Gasteiger partial charge is 0.322 e. The maximum atomic E-state index is 12.4. The zero-order chi connectivity index (χ0) is 17.8. The standard InChI is InChI=1S/C19H16ClN3O2/c1-12-17(23-18(24)14-7-6-8-15(20)11-14)13(2)22-19(21-12)25-16-9-4-3-5-10-16/h3-11H,1-2H3,(H,23,24). The lowest BCUT2D eigenvalue weighted by Gasteiger charge is -2.12. The monoisotopic (exact) mass is 353 g/mol. The summed E-state index contributed by atoms with van der Waals surface area (Å²) < 4.78 is 5.65. The molecule has 0 radical (unpaired) electrons. The summed E-state index contributed by atoms with van der Waals surface area (Å²) in [6.07, 6.45) is 0. The molecule has 0 aliphatic heterocycles. The fourth-order valence-electron chi connectivity index (χ4n) is 2.32. The minimum absolute atomic E-state index is 0.238. The number of carbonyl (C=O) groups excluding carboxylic acids is 1. The first kappa shape index (κ1) is 16.9. The van der Waals surface area contributed by atoms with Crippen molar-refractivity contribution in [3.05, 3.63) is 76.6 Å². The summed E-state index contributed by atoms with van der Waals surface area (Å²) in [5.74, 6) is 0.381. The third-order valence-electron chi connectivity index (χ3n) is 3.53. The van der Waals surface area contributed by atoms with Crippen LogP contribution in [0.1, 0.15) is 21.7 Å². The second-order valence-electron chi connectivity index (χ2n) is 5.43. The molecule has 1 heterocycles. The SMILES string of the molecule is Cc1nc(Oc2ccccc2)nc(C)c1NC(=O)c1cccc(Cl)c1. The first-order valence-electron chi connectivity index (χ1n) is 7.68. The van der Waals surface area contributed by atoms with E-state index >= 15 is 0 Å². The summed E-state index contributed by atoms with van der Waals surface area (Å²) in [5.41, 5.74) is 2.27. The Hall–Kier alpha value is -2.92. The van der Waals surface area contributed by atoms with Gasteiger partial charge in [-0.15, -0.1) is 0 Å². The number of nitrogens with one attached hydrogen (secondary N) is 1. The molecule has 3 rings (SSSR count). The van der Waals surface area contributed by atoms with Crippen molar-refractivity contribution in [3.63, 3.8) is 0 Å². The summed E-state index contributed by atoms with van der Waals surface area (Å²) in [6, 6.07) is 16.3. The van der Waals surface area contributed by atoms with Gasteiger partial charge in [0.1, 0.15) is 5.75 Å². The van der Waals surface area contributed by atoms with Crippen molar-refractivity contribution in [1.29, 1.82) is 0 Å². The number of hydrogen-bond acceptors (Lipinski definition) is 4. The van der Waals surface area contributed by atoms with Crippen LogP contribution in [0.15, 0.2) is 54.6 Å². The number of carbonyl (C=O) groups is 1. The summed E-state index contributed by atoms with van der Waals surface area (Å²) in [5, 5.41) is 3.34. The molecule has 0 aliphatic carbocycles. The Kier molecular flexibility index (Phi) is 4.95. The quantitative estimate of drug-likeness (QED) is 0.732. The number of anilines is 1. The highest BCUT2D eigenvalue weighted by Gasteiger charge is 2.14. The number of rotatable bonds is 4. The molecule has 0 saturated heterocycles. The van der Waals surface area contributed by atoms with Crippen molar-refractivity contribution in [3.8, 4) is 11.8 Å². The van der Waals surface area contributed by atoms with Crippen LogP contribution >= 0.6 is 11.6 Å². The lowest BCUT2D eigenvalue weighted by Crippen LogP contribution is -2.15. The molecule has 0 unspecified atom stereocenters. The predicted octanol–water partition coefficient (Wildman–Crippen LogP) is 4.79. The summed E-state index contributed by atoms with van der Waals surface area (Å²) >= 11 is 5.93. The van der Waals surface area contributed by atoms with Gasteiger partial charge in [0.25, 0.3) is 5.91 Å². The number of aromatic nitrogens is 2. The van der Waals surface area contributed by atoms with Crippen molar-refractivity contribution >= 4 is 23.2 Å². The second kappa shape index (κ2) is 7.32. The van der Waals surface area contributed by atoms with E-state index in [2.05, 4.69) is 15.3 Å². The maximum Gasteiger partial charge on any atom is 0.322 e. The number of benzene rings is 2. The molecule has 6 heteroatoms. The van der Waals surface area contributed by atoms with Crippen LogP contribution in [0.4, 0.5) is 5.69 Å². The van der Waals surface area contributed by atoms with E-state index in [0.29, 0.717) is 33.4 Å². The first-order chi connectivity index (χ1) is 12.0. The normalized spacial score (nSPS) is 10.4. The van der Waals surface area contributed by atoms with Gasteiger partial charge in [-0.2, -0.15) is 9.97 Å². The van der Waals surface area contributed by atoms with E-state index in [1.165, 1.54) is 0 Å². The van der Waals surface area contributed by atoms with Gasteiger partial charge in [-0.1, -0.05) is 35.9 Å². The Morgan fingerprint density at radius 3 is 2.32 bits per heavy atom. The van der Waals surface area contributed by atoms with Crippen LogP contribution < -0.4 is 10.1 Å². The summed E-state index contributed by atoms with van der Waals surface area (Å²) in [6.45, 7) is 3.58. The molecule has 25 heavy (non-hydrogen) atoms. The molecule has 0 fully saturated rings. The van der Waals surface area contributed by atoms with E-state index in [1.807, 2.05) is 30.3 Å². The topological polar surface area (TPSA) is 64.1 Å². The van der Waals surface area contributed by atoms with Gasteiger partial charge < -0.3 is 10.1 Å². The minimum atomic E-state index is -0.269. The van der Waals surface area contributed by atoms with Gasteiger partial charge in [0.05, 0.1) is 17.1 Å². The molecule has 1 amide bonds. The maximum absolute atomic E-state index is 12.4. The van der Waals surface area contributed by atoms with Crippen LogP contribution in [0, 0.1) is 13.8 Å². The molecule has 0 atom stereocenters. The molecular weight excluding hydrogens is 338 g/mol. The average molecular weight is 354 g/mol. The fraction of sp³-hybridized carbons (Fsp3) is 0.105. The predicted molar refractivity (Wildman–Crippen MR) is 97.4 cm³/mol. The Labute approximate surface area is 150 Å². The number of amides is 1. The molecular formula is C19H16ClN3O2. The Balaban J connectivity index is 1.82. The van der Waals surface area contributed by atoms with E-state index in [0.717, 1.165) is 0 Å². The molecule has 2 aromatic carbocycles. The van der Waals surface area contributed by atoms with Crippen molar-refractivity contribution in [2.45, 2.75) is 13.8 Å². The first-order valence-corrected chi connectivity index (χ1v) is 8.06. The third kappa shape index (κ3) is 4.14. The number of para-hydroxylation sites is 1. The zero-order valence-corrected chi connectivity index (χ0v) is 14.5. The van der Waals surface area contributed by atoms with Crippen molar-refractivity contribution in [1.82, 2.24) is 9.97 Å². The van der Waals surface area contributed by atoms with Gasteiger partial charge in [-0.25, -0.2) is 0 Å². The Morgan fingerprint density at radius 2 is 1.68 bits per heavy atom. The second-order valence-corrected chi connectivity index (χ2v) is 5.87. The van der Waals surface area contributed by atoms with E-state index in [-0.39, 0.29) is 11.9 Å². The number of aryl methyl sites for hydroxylation is 2. The number of nitrogens with zero attached hydrogens (tertiary/aromatic N) is 2. The van der Waals surface area contributed by atoms with E-state index < -0.39 is 0 Å². The Morgan fingerprint density at radius 1 is 1.00 bits per heavy atom. The van der Waals surface area contributed by atoms with Crippen LogP contribution in [-0.4, -0.2) is 15.9 Å². The number of ether oxygens (including phenoxy) is 1. The fourth-order valence-corrected chi connectivity index (χ4v) is 2.51. The van der Waals surface area contributed by atoms with Crippen molar-refractivity contribution in [2.24, 2.45) is 0 Å². The van der Waals surface area contributed by atoms with Gasteiger partial charge in [-0.05, 0) is 44.2 Å². The number of hydrogen-bond donors (Lipinski definition) is 1. The van der Waals surface area contributed by atoms with Crippen LogP contribution in [-0.2, 0) is 0 Å². The van der Waals surface area contributed by atoms with E-state index in [4.69, 9.17) is 16.3 Å². The van der Waals surface area contributed by atoms with Gasteiger partial charge in [0, 0.05) is 10.6 Å². The molecule has 0 bridgehead atoms. The highest BCUT2D eigenvalue weighted by Crippen LogP contribution is 2.24. The van der Waals surface area contributed by atoms with Crippen LogP contribution in [0.25, 0.3) is 0 Å². The molecule has 0 aliphatic rings. The molecule has 1 N–H and O–H groups in total. The van der Waals surface area contributed by atoms with E-state index in [1.54, 1.807) is 38.1 Å². The number of halogens is 1. The largest absolute Gasteiger partial charge is 0.424 e. The van der Waals surface area contributed by atoms with Crippen molar-refractivity contribution in [2.75, 3.05) is 5.32 Å². The third-order valence-corrected chi connectivity index (χ3v) is 3.76. The zero-order valence-electron chi connectivity index (χ0n) is 13.8. The van der Waals surface area contributed by atoms with Crippen LogP contribution in [0.5, 0.6) is 11.8 Å². The van der Waals surface area contributed by atoms with Gasteiger partial charge >= 0.3 is 6.01 Å². The van der Waals surface area contributed by atoms with Crippen LogP contribution in [0.3, 0.4) is 0 Å². The molecule has 126 valence electrons. The average Bonchev–Trinajstić information content (AvgIpc) is 2.59. The van der Waals surface area contributed by atoms with Crippen molar-refractivity contribution < 1.29 is 9.53 Å². The molecule has 1 aromatic heterocycles. The van der Waals surface area contributed by atoms with Gasteiger partial charge in [0.2, 0.25) is 0 Å². The summed E-state index contributed by atoms with van der Waals surface area (Å²) in [4.78, 5) is 21.0. The lowest BCUT2D eigenvalue weighted by atomic mass is 10.2. The minimum Gasteiger partial charge on any atom is -0.424 e. The van der Waals surface area contributed by atoms with E-state index in [9.17, 15) is 4.79 Å². The molecule has 3 aromatic rings. The molecule has 0 spiro atoms. The van der Waals surface area contributed by atoms with Gasteiger partial charge in [-0.3, -0.25) is 4.79 Å².